The molecule has 4 nitrogen and oxygen atoms in total. The Kier molecular flexibility index (Phi) is 5.34. The predicted molar refractivity (Wildman–Crippen MR) is 98.8 cm³/mol. The van der Waals surface area contributed by atoms with Crippen LogP contribution in [0.5, 0.6) is 0 Å². The molecule has 1 unspecified atom stereocenters. The Morgan fingerprint density at radius 1 is 1.23 bits per heavy atom. The minimum absolute atomic E-state index is 0.0808. The highest BCUT2D eigenvalue weighted by Gasteiger charge is 2.16. The van der Waals surface area contributed by atoms with E-state index in [2.05, 4.69) is 4.98 Å². The van der Waals surface area contributed by atoms with Crippen LogP contribution < -0.4 is 11.3 Å². The van der Waals surface area contributed by atoms with E-state index < -0.39 is 17.2 Å². The van der Waals surface area contributed by atoms with Crippen molar-refractivity contribution in [1.29, 1.82) is 0 Å². The lowest BCUT2D eigenvalue weighted by Gasteiger charge is -2.16. The predicted octanol–water partition coefficient (Wildman–Crippen LogP) is 3.84. The van der Waals surface area contributed by atoms with Crippen molar-refractivity contribution in [3.05, 3.63) is 69.2 Å². The summed E-state index contributed by atoms with van der Waals surface area (Å²) in [6.45, 7) is 2.49. The Hall–Kier alpha value is -2.31. The van der Waals surface area contributed by atoms with Crippen LogP contribution in [-0.4, -0.2) is 16.1 Å². The van der Waals surface area contributed by atoms with Crippen LogP contribution in [0.15, 0.2) is 41.2 Å². The SMILES string of the molecule is CC(CN)CCc1nc2cccc(Cl)c2c(=O)n1-c1cc(F)cc(F)c1. The molecule has 0 aliphatic rings. The molecule has 1 heterocycles. The molecular weight excluding hydrogens is 360 g/mol. The number of hydrogen-bond acceptors (Lipinski definition) is 3. The Morgan fingerprint density at radius 3 is 2.58 bits per heavy atom. The average molecular weight is 378 g/mol. The number of nitrogens with two attached hydrogens (primary N) is 1. The molecule has 0 saturated heterocycles. The number of nitrogens with zero attached hydrogens (tertiary/aromatic N) is 2. The van der Waals surface area contributed by atoms with Crippen molar-refractivity contribution in [3.8, 4) is 5.69 Å². The second kappa shape index (κ2) is 7.51. The summed E-state index contributed by atoms with van der Waals surface area (Å²) in [4.78, 5) is 17.6. The summed E-state index contributed by atoms with van der Waals surface area (Å²) < 4.78 is 28.7. The Labute approximate surface area is 154 Å². The Morgan fingerprint density at radius 2 is 1.92 bits per heavy atom. The zero-order valence-corrected chi connectivity index (χ0v) is 14.9. The van der Waals surface area contributed by atoms with Crippen molar-refractivity contribution < 1.29 is 8.78 Å². The van der Waals surface area contributed by atoms with Crippen LogP contribution in [0, 0.1) is 17.6 Å². The summed E-state index contributed by atoms with van der Waals surface area (Å²) in [7, 11) is 0. The molecule has 0 aliphatic heterocycles. The van der Waals surface area contributed by atoms with E-state index in [0.29, 0.717) is 30.7 Å². The van der Waals surface area contributed by atoms with E-state index in [1.807, 2.05) is 6.92 Å². The smallest absolute Gasteiger partial charge is 0.267 e. The lowest BCUT2D eigenvalue weighted by atomic mass is 10.1. The fourth-order valence-corrected chi connectivity index (χ4v) is 3.08. The summed E-state index contributed by atoms with van der Waals surface area (Å²) in [5, 5.41) is 0.460. The van der Waals surface area contributed by atoms with Gasteiger partial charge in [-0.1, -0.05) is 24.6 Å². The number of rotatable bonds is 5. The lowest BCUT2D eigenvalue weighted by Crippen LogP contribution is -2.25. The Balaban J connectivity index is 2.27. The first-order valence-electron chi connectivity index (χ1n) is 8.27. The van der Waals surface area contributed by atoms with Gasteiger partial charge in [-0.15, -0.1) is 0 Å². The number of benzene rings is 2. The van der Waals surface area contributed by atoms with Gasteiger partial charge >= 0.3 is 0 Å². The van der Waals surface area contributed by atoms with Gasteiger partial charge in [0.15, 0.2) is 0 Å². The third-order valence-electron chi connectivity index (χ3n) is 4.28. The van der Waals surface area contributed by atoms with E-state index in [9.17, 15) is 13.6 Å². The van der Waals surface area contributed by atoms with Crippen molar-refractivity contribution in [3.63, 3.8) is 0 Å². The average Bonchev–Trinajstić information content (AvgIpc) is 2.58. The van der Waals surface area contributed by atoms with Crippen LogP contribution in [0.4, 0.5) is 8.78 Å². The summed E-state index contributed by atoms with van der Waals surface area (Å²) in [5.41, 5.74) is 5.73. The second-order valence-corrected chi connectivity index (χ2v) is 6.72. The number of aryl methyl sites for hydroxylation is 1. The fourth-order valence-electron chi connectivity index (χ4n) is 2.83. The van der Waals surface area contributed by atoms with Gasteiger partial charge in [0.25, 0.3) is 5.56 Å². The molecule has 1 atom stereocenters. The maximum atomic E-state index is 13.7. The molecule has 3 rings (SSSR count). The second-order valence-electron chi connectivity index (χ2n) is 6.31. The lowest BCUT2D eigenvalue weighted by molar-refractivity contribution is 0.530. The molecule has 0 radical (unpaired) electrons. The van der Waals surface area contributed by atoms with Gasteiger partial charge in [0.05, 0.1) is 21.6 Å². The van der Waals surface area contributed by atoms with E-state index >= 15 is 0 Å². The molecule has 136 valence electrons. The largest absolute Gasteiger partial charge is 0.330 e. The monoisotopic (exact) mass is 377 g/mol. The first-order valence-corrected chi connectivity index (χ1v) is 8.65. The van der Waals surface area contributed by atoms with Crippen molar-refractivity contribution in [2.45, 2.75) is 19.8 Å². The van der Waals surface area contributed by atoms with Gasteiger partial charge in [-0.25, -0.2) is 13.8 Å². The van der Waals surface area contributed by atoms with Crippen LogP contribution >= 0.6 is 11.6 Å². The molecule has 0 saturated carbocycles. The molecular formula is C19H18ClF2N3O. The maximum Gasteiger partial charge on any atom is 0.267 e. The summed E-state index contributed by atoms with van der Waals surface area (Å²) >= 11 is 6.17. The van der Waals surface area contributed by atoms with Crippen molar-refractivity contribution in [1.82, 2.24) is 9.55 Å². The maximum absolute atomic E-state index is 13.7. The molecule has 26 heavy (non-hydrogen) atoms. The van der Waals surface area contributed by atoms with Crippen molar-refractivity contribution in [2.24, 2.45) is 11.7 Å². The van der Waals surface area contributed by atoms with E-state index in [0.717, 1.165) is 18.2 Å². The summed E-state index contributed by atoms with van der Waals surface area (Å²) in [6.07, 6.45) is 1.13. The fraction of sp³-hybridized carbons (Fsp3) is 0.263. The Bertz CT molecular complexity index is 999. The molecule has 0 bridgehead atoms. The van der Waals surface area contributed by atoms with Gasteiger partial charge < -0.3 is 5.73 Å². The van der Waals surface area contributed by atoms with Crippen LogP contribution in [0.25, 0.3) is 16.6 Å². The normalized spacial score (nSPS) is 12.5. The van der Waals surface area contributed by atoms with Crippen LogP contribution in [0.1, 0.15) is 19.2 Å². The van der Waals surface area contributed by atoms with E-state index in [-0.39, 0.29) is 22.0 Å². The van der Waals surface area contributed by atoms with Gasteiger partial charge in [-0.3, -0.25) is 9.36 Å². The van der Waals surface area contributed by atoms with Gasteiger partial charge in [-0.05, 0) is 43.1 Å². The first kappa shape index (κ1) is 18.5. The zero-order chi connectivity index (χ0) is 18.8. The molecule has 2 N–H and O–H groups in total. The van der Waals surface area contributed by atoms with E-state index in [4.69, 9.17) is 17.3 Å². The highest BCUT2D eigenvalue weighted by Crippen LogP contribution is 2.22. The van der Waals surface area contributed by atoms with Gasteiger partial charge in [0.2, 0.25) is 0 Å². The quantitative estimate of drug-likeness (QED) is 0.734. The summed E-state index contributed by atoms with van der Waals surface area (Å²) in [5.74, 6) is -0.908. The van der Waals surface area contributed by atoms with Crippen molar-refractivity contribution in [2.75, 3.05) is 6.54 Å². The molecule has 0 aliphatic carbocycles. The van der Waals surface area contributed by atoms with Gasteiger partial charge in [-0.2, -0.15) is 0 Å². The summed E-state index contributed by atoms with van der Waals surface area (Å²) in [6, 6.07) is 7.94. The molecule has 3 aromatic rings. The van der Waals surface area contributed by atoms with E-state index in [1.54, 1.807) is 18.2 Å². The molecule has 0 spiro atoms. The van der Waals surface area contributed by atoms with Gasteiger partial charge in [0, 0.05) is 12.5 Å². The van der Waals surface area contributed by atoms with Crippen LogP contribution in [-0.2, 0) is 6.42 Å². The third kappa shape index (κ3) is 3.61. The number of aromatic nitrogens is 2. The first-order chi connectivity index (χ1) is 12.4. The highest BCUT2D eigenvalue weighted by atomic mass is 35.5. The number of halogens is 3. The zero-order valence-electron chi connectivity index (χ0n) is 14.2. The van der Waals surface area contributed by atoms with Gasteiger partial charge in [0.1, 0.15) is 17.5 Å². The highest BCUT2D eigenvalue weighted by molar-refractivity contribution is 6.35. The number of hydrogen-bond donors (Lipinski definition) is 1. The topological polar surface area (TPSA) is 60.9 Å². The molecule has 0 amide bonds. The standard InChI is InChI=1S/C19H18ClF2N3O/c1-11(10-23)5-6-17-24-16-4-2-3-15(20)18(16)19(26)25(17)14-8-12(21)7-13(22)9-14/h2-4,7-9,11H,5-6,10,23H2,1H3. The molecule has 7 heteroatoms. The van der Waals surface area contributed by atoms with Crippen LogP contribution in [0.3, 0.4) is 0 Å². The molecule has 0 fully saturated rings. The van der Waals surface area contributed by atoms with E-state index in [1.165, 1.54) is 4.57 Å². The minimum Gasteiger partial charge on any atom is -0.330 e. The third-order valence-corrected chi connectivity index (χ3v) is 4.60. The molecule has 1 aromatic heterocycles. The number of fused-ring (bicyclic) bond motifs is 1. The van der Waals surface area contributed by atoms with Crippen LogP contribution in [0.2, 0.25) is 5.02 Å². The minimum atomic E-state index is -0.771. The van der Waals surface area contributed by atoms with Crippen molar-refractivity contribution >= 4 is 22.5 Å². The molecule has 2 aromatic carbocycles.